The maximum Gasteiger partial charge on any atom is 0.318 e. The quantitative estimate of drug-likeness (QED) is 0.624. The predicted octanol–water partition coefficient (Wildman–Crippen LogP) is 4.42. The first-order chi connectivity index (χ1) is 15.0. The molecule has 160 valence electrons. The van der Waals surface area contributed by atoms with Crippen molar-refractivity contribution in [2.75, 3.05) is 12.3 Å². The van der Waals surface area contributed by atoms with Gasteiger partial charge in [-0.25, -0.2) is 13.2 Å². The lowest BCUT2D eigenvalue weighted by Crippen LogP contribution is -2.46. The number of carbonyl (C=O) groups excluding carboxylic acids is 1. The van der Waals surface area contributed by atoms with Gasteiger partial charge < -0.3 is 10.2 Å². The number of urea groups is 1. The van der Waals surface area contributed by atoms with Crippen LogP contribution in [0.4, 0.5) is 4.79 Å². The maximum absolute atomic E-state index is 13.3. The Morgan fingerprint density at radius 3 is 1.94 bits per heavy atom. The number of carbonyl (C=O) groups is 1. The molecule has 1 N–H and O–H groups in total. The minimum Gasteiger partial charge on any atom is -0.327 e. The lowest BCUT2D eigenvalue weighted by molar-refractivity contribution is 0.194. The van der Waals surface area contributed by atoms with E-state index in [4.69, 9.17) is 0 Å². The SMILES string of the molecule is O=C(NC(c1ccccc1)c1ccccc1)N1CCCC1CS(=O)(=O)c1ccccc1. The fourth-order valence-electron chi connectivity index (χ4n) is 4.11. The van der Waals surface area contributed by atoms with Gasteiger partial charge in [0.2, 0.25) is 0 Å². The van der Waals surface area contributed by atoms with Crippen molar-refractivity contribution in [1.29, 1.82) is 0 Å². The van der Waals surface area contributed by atoms with Crippen molar-refractivity contribution >= 4 is 15.9 Å². The first-order valence-corrected chi connectivity index (χ1v) is 12.1. The topological polar surface area (TPSA) is 66.5 Å². The molecule has 0 saturated carbocycles. The molecule has 1 saturated heterocycles. The van der Waals surface area contributed by atoms with E-state index in [1.165, 1.54) is 0 Å². The minimum absolute atomic E-state index is 0.0637. The van der Waals surface area contributed by atoms with Gasteiger partial charge in [0, 0.05) is 12.6 Å². The van der Waals surface area contributed by atoms with Crippen molar-refractivity contribution in [2.24, 2.45) is 0 Å². The highest BCUT2D eigenvalue weighted by atomic mass is 32.2. The van der Waals surface area contributed by atoms with Crippen molar-refractivity contribution in [3.8, 4) is 0 Å². The fraction of sp³-hybridized carbons (Fsp3) is 0.240. The van der Waals surface area contributed by atoms with Crippen molar-refractivity contribution in [3.05, 3.63) is 102 Å². The number of hydrogen-bond donors (Lipinski definition) is 1. The van der Waals surface area contributed by atoms with Crippen LogP contribution in [0, 0.1) is 0 Å². The molecule has 0 radical (unpaired) electrons. The van der Waals surface area contributed by atoms with Crippen molar-refractivity contribution in [2.45, 2.75) is 29.8 Å². The Labute approximate surface area is 183 Å². The van der Waals surface area contributed by atoms with Crippen LogP contribution in [0.15, 0.2) is 95.9 Å². The number of sulfone groups is 1. The number of benzene rings is 3. The third-order valence-electron chi connectivity index (χ3n) is 5.69. The number of rotatable bonds is 6. The van der Waals surface area contributed by atoms with Crippen molar-refractivity contribution < 1.29 is 13.2 Å². The van der Waals surface area contributed by atoms with Gasteiger partial charge in [-0.15, -0.1) is 0 Å². The lowest BCUT2D eigenvalue weighted by atomic mass is 9.99. The van der Waals surface area contributed by atoms with Gasteiger partial charge in [-0.05, 0) is 36.1 Å². The highest BCUT2D eigenvalue weighted by Gasteiger charge is 2.34. The van der Waals surface area contributed by atoms with Crippen LogP contribution in [-0.2, 0) is 9.84 Å². The van der Waals surface area contributed by atoms with Crippen LogP contribution in [0.25, 0.3) is 0 Å². The van der Waals surface area contributed by atoms with Gasteiger partial charge in [0.15, 0.2) is 9.84 Å². The number of nitrogens with one attached hydrogen (secondary N) is 1. The Kier molecular flexibility index (Phi) is 6.37. The smallest absolute Gasteiger partial charge is 0.318 e. The highest BCUT2D eigenvalue weighted by molar-refractivity contribution is 7.91. The Bertz CT molecular complexity index is 1060. The normalized spacial score (nSPS) is 16.4. The van der Waals surface area contributed by atoms with E-state index in [2.05, 4.69) is 5.32 Å². The Morgan fingerprint density at radius 1 is 0.871 bits per heavy atom. The molecule has 1 fully saturated rings. The molecule has 1 atom stereocenters. The molecule has 0 bridgehead atoms. The summed E-state index contributed by atoms with van der Waals surface area (Å²) in [5, 5.41) is 3.14. The van der Waals surface area contributed by atoms with Crippen molar-refractivity contribution in [1.82, 2.24) is 10.2 Å². The molecular formula is C25H26N2O3S. The second kappa shape index (κ2) is 9.35. The van der Waals surface area contributed by atoms with Crippen LogP contribution in [0.2, 0.25) is 0 Å². The van der Waals surface area contributed by atoms with Gasteiger partial charge in [-0.3, -0.25) is 0 Å². The molecule has 3 aromatic rings. The molecule has 0 aromatic heterocycles. The van der Waals surface area contributed by atoms with Crippen LogP contribution in [0.3, 0.4) is 0 Å². The van der Waals surface area contributed by atoms with Crippen LogP contribution in [-0.4, -0.2) is 37.7 Å². The summed E-state index contributed by atoms with van der Waals surface area (Å²) in [6.45, 7) is 0.553. The standard InChI is InChI=1S/C25H26N2O3S/c28-25(26-24(20-11-4-1-5-12-20)21-13-6-2-7-14-21)27-18-10-15-22(27)19-31(29,30)23-16-8-3-9-17-23/h1-9,11-14,16-17,22,24H,10,15,18-19H2,(H,26,28). The summed E-state index contributed by atoms with van der Waals surface area (Å²) in [7, 11) is -3.46. The molecule has 2 amide bonds. The van der Waals surface area contributed by atoms with E-state index in [9.17, 15) is 13.2 Å². The third-order valence-corrected chi connectivity index (χ3v) is 7.50. The van der Waals surface area contributed by atoms with Gasteiger partial charge in [0.1, 0.15) is 0 Å². The molecule has 6 heteroatoms. The molecule has 4 rings (SSSR count). The number of amides is 2. The summed E-state index contributed by atoms with van der Waals surface area (Å²) in [5.41, 5.74) is 1.96. The van der Waals surface area contributed by atoms with Crippen LogP contribution in [0.1, 0.15) is 30.0 Å². The maximum atomic E-state index is 13.3. The zero-order valence-electron chi connectivity index (χ0n) is 17.2. The average molecular weight is 435 g/mol. The summed E-state index contributed by atoms with van der Waals surface area (Å²) in [6.07, 6.45) is 1.48. The molecule has 1 heterocycles. The highest BCUT2D eigenvalue weighted by Crippen LogP contribution is 2.25. The van der Waals surface area contributed by atoms with Gasteiger partial charge in [0.05, 0.1) is 16.7 Å². The van der Waals surface area contributed by atoms with Crippen molar-refractivity contribution in [3.63, 3.8) is 0 Å². The van der Waals surface area contributed by atoms with Gasteiger partial charge in [-0.2, -0.15) is 0 Å². The molecule has 1 unspecified atom stereocenters. The summed E-state index contributed by atoms with van der Waals surface area (Å²) in [5.74, 6) is -0.0637. The Hall–Kier alpha value is -3.12. The Balaban J connectivity index is 1.53. The first-order valence-electron chi connectivity index (χ1n) is 10.5. The van der Waals surface area contributed by atoms with E-state index in [0.29, 0.717) is 17.9 Å². The van der Waals surface area contributed by atoms with E-state index in [0.717, 1.165) is 17.5 Å². The van der Waals surface area contributed by atoms with Crippen LogP contribution in [0.5, 0.6) is 0 Å². The summed E-state index contributed by atoms with van der Waals surface area (Å²) in [4.78, 5) is 15.2. The second-order valence-corrected chi connectivity index (χ2v) is 9.82. The zero-order chi connectivity index (χ0) is 21.7. The third kappa shape index (κ3) is 4.97. The molecule has 1 aliphatic rings. The van der Waals surface area contributed by atoms with Gasteiger partial charge in [0.25, 0.3) is 0 Å². The summed E-state index contributed by atoms with van der Waals surface area (Å²) in [6, 6.07) is 27.2. The van der Waals surface area contributed by atoms with Gasteiger partial charge >= 0.3 is 6.03 Å². The predicted molar refractivity (Wildman–Crippen MR) is 121 cm³/mol. The molecule has 5 nitrogen and oxygen atoms in total. The molecule has 0 aliphatic carbocycles. The van der Waals surface area contributed by atoms with E-state index in [-0.39, 0.29) is 23.9 Å². The second-order valence-electron chi connectivity index (χ2n) is 7.79. The number of nitrogens with zero attached hydrogens (tertiary/aromatic N) is 1. The molecular weight excluding hydrogens is 408 g/mol. The molecule has 31 heavy (non-hydrogen) atoms. The first kappa shape index (κ1) is 21.1. The Morgan fingerprint density at radius 2 is 1.39 bits per heavy atom. The summed E-state index contributed by atoms with van der Waals surface area (Å²) < 4.78 is 25.7. The molecule has 0 spiro atoms. The average Bonchev–Trinajstić information content (AvgIpc) is 3.26. The lowest BCUT2D eigenvalue weighted by Gasteiger charge is -2.28. The molecule has 3 aromatic carbocycles. The largest absolute Gasteiger partial charge is 0.327 e. The zero-order valence-corrected chi connectivity index (χ0v) is 18.0. The van der Waals surface area contributed by atoms with E-state index >= 15 is 0 Å². The van der Waals surface area contributed by atoms with E-state index in [1.807, 2.05) is 60.7 Å². The van der Waals surface area contributed by atoms with Gasteiger partial charge in [-0.1, -0.05) is 78.9 Å². The van der Waals surface area contributed by atoms with Crippen LogP contribution >= 0.6 is 0 Å². The molecule has 1 aliphatic heterocycles. The number of likely N-dealkylation sites (tertiary alicyclic amines) is 1. The minimum atomic E-state index is -3.46. The number of hydrogen-bond acceptors (Lipinski definition) is 3. The monoisotopic (exact) mass is 434 g/mol. The fourth-order valence-corrected chi connectivity index (χ4v) is 5.73. The van der Waals surface area contributed by atoms with E-state index in [1.54, 1.807) is 35.2 Å². The summed E-state index contributed by atoms with van der Waals surface area (Å²) >= 11 is 0. The van der Waals surface area contributed by atoms with Crippen LogP contribution < -0.4 is 5.32 Å². The van der Waals surface area contributed by atoms with E-state index < -0.39 is 9.84 Å².